The van der Waals surface area contributed by atoms with Crippen LogP contribution in [0.25, 0.3) is 0 Å². The number of hydrogen-bond donors (Lipinski definition) is 1. The van der Waals surface area contributed by atoms with Crippen LogP contribution in [-0.2, 0) is 17.9 Å². The molecule has 1 atom stereocenters. The second-order valence-electron chi connectivity index (χ2n) is 6.64. The predicted molar refractivity (Wildman–Crippen MR) is 93.0 cm³/mol. The number of carbonyl (C=O) groups is 1. The number of hydrogen-bond acceptors (Lipinski definition) is 5. The Morgan fingerprint density at radius 2 is 2.17 bits per heavy atom. The van der Waals surface area contributed by atoms with Gasteiger partial charge >= 0.3 is 0 Å². The van der Waals surface area contributed by atoms with Crippen LogP contribution in [0.5, 0.6) is 0 Å². The molecular weight excluding hydrogens is 322 g/mol. The standard InChI is InChI=1S/C17H23N5OS/c1-12(14-3-2-10-24-14)17(23)21-7-4-13(5-8-21)16-20-19-15-11-18-6-9-22(15)16/h2-3,10,12-13,18H,4-9,11H2,1H3. The van der Waals surface area contributed by atoms with Crippen LogP contribution >= 0.6 is 11.3 Å². The molecule has 2 aromatic heterocycles. The van der Waals surface area contributed by atoms with E-state index in [1.165, 1.54) is 0 Å². The third kappa shape index (κ3) is 2.86. The highest BCUT2D eigenvalue weighted by atomic mass is 32.1. The Balaban J connectivity index is 1.40. The maximum Gasteiger partial charge on any atom is 0.230 e. The molecular formula is C17H23N5OS. The first kappa shape index (κ1) is 15.8. The lowest BCUT2D eigenvalue weighted by molar-refractivity contribution is -0.133. The zero-order chi connectivity index (χ0) is 16.5. The van der Waals surface area contributed by atoms with Gasteiger partial charge in [-0.3, -0.25) is 4.79 Å². The Bertz CT molecular complexity index is 703. The van der Waals surface area contributed by atoms with Crippen molar-refractivity contribution >= 4 is 17.2 Å². The highest BCUT2D eigenvalue weighted by molar-refractivity contribution is 7.10. The van der Waals surface area contributed by atoms with Crippen LogP contribution in [0.4, 0.5) is 0 Å². The van der Waals surface area contributed by atoms with Crippen molar-refractivity contribution in [3.8, 4) is 0 Å². The Hall–Kier alpha value is -1.73. The molecule has 6 nitrogen and oxygen atoms in total. The first-order chi connectivity index (χ1) is 11.7. The number of carbonyl (C=O) groups excluding carboxylic acids is 1. The Labute approximate surface area is 145 Å². The van der Waals surface area contributed by atoms with Crippen LogP contribution in [0, 0.1) is 0 Å². The average Bonchev–Trinajstić information content (AvgIpc) is 3.30. The predicted octanol–water partition coefficient (Wildman–Crippen LogP) is 1.95. The van der Waals surface area contributed by atoms with Crippen molar-refractivity contribution in [1.29, 1.82) is 0 Å². The van der Waals surface area contributed by atoms with Gasteiger partial charge in [-0.05, 0) is 31.2 Å². The van der Waals surface area contributed by atoms with Gasteiger partial charge in [0.2, 0.25) is 5.91 Å². The minimum absolute atomic E-state index is 0.0338. The van der Waals surface area contributed by atoms with Crippen LogP contribution in [-0.4, -0.2) is 45.2 Å². The van der Waals surface area contributed by atoms with E-state index in [0.29, 0.717) is 5.92 Å². The average molecular weight is 345 g/mol. The minimum atomic E-state index is -0.0338. The zero-order valence-corrected chi connectivity index (χ0v) is 14.8. The first-order valence-electron chi connectivity index (χ1n) is 8.69. The lowest BCUT2D eigenvalue weighted by Crippen LogP contribution is -2.40. The van der Waals surface area contributed by atoms with Crippen LogP contribution in [0.3, 0.4) is 0 Å². The number of rotatable bonds is 3. The molecule has 0 spiro atoms. The maximum absolute atomic E-state index is 12.7. The zero-order valence-electron chi connectivity index (χ0n) is 13.9. The summed E-state index contributed by atoms with van der Waals surface area (Å²) in [5.74, 6) is 2.80. The highest BCUT2D eigenvalue weighted by Gasteiger charge is 2.30. The molecule has 1 fully saturated rings. The number of aromatic nitrogens is 3. The number of nitrogens with one attached hydrogen (secondary N) is 1. The third-order valence-electron chi connectivity index (χ3n) is 5.16. The molecule has 128 valence electrons. The summed E-state index contributed by atoms with van der Waals surface area (Å²) >= 11 is 1.66. The molecule has 2 aliphatic heterocycles. The SMILES string of the molecule is CC(C(=O)N1CCC(c2nnc3n2CCNC3)CC1)c1cccs1. The first-order valence-corrected chi connectivity index (χ1v) is 9.57. The second-order valence-corrected chi connectivity index (χ2v) is 7.62. The second kappa shape index (κ2) is 6.64. The summed E-state index contributed by atoms with van der Waals surface area (Å²) in [5.41, 5.74) is 0. The van der Waals surface area contributed by atoms with E-state index >= 15 is 0 Å². The van der Waals surface area contributed by atoms with Crippen LogP contribution in [0.15, 0.2) is 17.5 Å². The van der Waals surface area contributed by atoms with Gasteiger partial charge in [-0.25, -0.2) is 0 Å². The Morgan fingerprint density at radius 1 is 1.33 bits per heavy atom. The smallest absolute Gasteiger partial charge is 0.230 e. The van der Waals surface area contributed by atoms with E-state index in [0.717, 1.165) is 62.1 Å². The molecule has 4 rings (SSSR count). The van der Waals surface area contributed by atoms with Gasteiger partial charge in [-0.15, -0.1) is 21.5 Å². The van der Waals surface area contributed by atoms with Crippen molar-refractivity contribution in [2.45, 2.75) is 44.7 Å². The van der Waals surface area contributed by atoms with E-state index in [2.05, 4.69) is 26.1 Å². The lowest BCUT2D eigenvalue weighted by Gasteiger charge is -2.33. The van der Waals surface area contributed by atoms with Crippen molar-refractivity contribution < 1.29 is 4.79 Å². The molecule has 0 saturated carbocycles. The van der Waals surface area contributed by atoms with Crippen molar-refractivity contribution in [3.63, 3.8) is 0 Å². The maximum atomic E-state index is 12.7. The third-order valence-corrected chi connectivity index (χ3v) is 6.22. The number of likely N-dealkylation sites (tertiary alicyclic amines) is 1. The molecule has 1 amide bonds. The van der Waals surface area contributed by atoms with Gasteiger partial charge in [0.25, 0.3) is 0 Å². The summed E-state index contributed by atoms with van der Waals surface area (Å²) < 4.78 is 2.27. The molecule has 24 heavy (non-hydrogen) atoms. The highest BCUT2D eigenvalue weighted by Crippen LogP contribution is 2.30. The van der Waals surface area contributed by atoms with Gasteiger partial charge in [0.1, 0.15) is 11.6 Å². The molecule has 4 heterocycles. The largest absolute Gasteiger partial charge is 0.342 e. The van der Waals surface area contributed by atoms with Gasteiger partial charge in [0, 0.05) is 37.0 Å². The fraction of sp³-hybridized carbons (Fsp3) is 0.588. The lowest BCUT2D eigenvalue weighted by atomic mass is 9.94. The van der Waals surface area contributed by atoms with Crippen molar-refractivity contribution in [1.82, 2.24) is 25.0 Å². The fourth-order valence-electron chi connectivity index (χ4n) is 3.71. The summed E-state index contributed by atoms with van der Waals surface area (Å²) in [6.45, 7) is 6.39. The summed E-state index contributed by atoms with van der Waals surface area (Å²) in [7, 11) is 0. The minimum Gasteiger partial charge on any atom is -0.342 e. The van der Waals surface area contributed by atoms with Gasteiger partial charge in [0.05, 0.1) is 12.5 Å². The molecule has 0 aromatic carbocycles. The quantitative estimate of drug-likeness (QED) is 0.924. The topological polar surface area (TPSA) is 63.1 Å². The van der Waals surface area contributed by atoms with Gasteiger partial charge < -0.3 is 14.8 Å². The molecule has 1 saturated heterocycles. The molecule has 1 unspecified atom stereocenters. The van der Waals surface area contributed by atoms with E-state index < -0.39 is 0 Å². The van der Waals surface area contributed by atoms with Crippen LogP contribution in [0.2, 0.25) is 0 Å². The van der Waals surface area contributed by atoms with Gasteiger partial charge in [0.15, 0.2) is 0 Å². The van der Waals surface area contributed by atoms with Crippen LogP contribution in [0.1, 0.15) is 48.1 Å². The molecule has 2 aliphatic rings. The normalized spacial score (nSPS) is 20.0. The summed E-state index contributed by atoms with van der Waals surface area (Å²) in [4.78, 5) is 15.9. The van der Waals surface area contributed by atoms with Crippen molar-refractivity contribution in [2.75, 3.05) is 19.6 Å². The number of fused-ring (bicyclic) bond motifs is 1. The number of nitrogens with zero attached hydrogens (tertiary/aromatic N) is 4. The Morgan fingerprint density at radius 3 is 2.92 bits per heavy atom. The van der Waals surface area contributed by atoms with E-state index in [1.54, 1.807) is 11.3 Å². The van der Waals surface area contributed by atoms with Gasteiger partial charge in [-0.1, -0.05) is 6.07 Å². The van der Waals surface area contributed by atoms with E-state index in [1.807, 2.05) is 23.3 Å². The Kier molecular flexibility index (Phi) is 4.37. The van der Waals surface area contributed by atoms with Crippen molar-refractivity contribution in [2.24, 2.45) is 0 Å². The molecule has 0 radical (unpaired) electrons. The monoisotopic (exact) mass is 345 g/mol. The number of thiophene rings is 1. The summed E-state index contributed by atoms with van der Waals surface area (Å²) in [6, 6.07) is 4.07. The molecule has 7 heteroatoms. The number of amides is 1. The fourth-order valence-corrected chi connectivity index (χ4v) is 4.48. The number of piperidine rings is 1. The van der Waals surface area contributed by atoms with Gasteiger partial charge in [-0.2, -0.15) is 0 Å². The van der Waals surface area contributed by atoms with Crippen molar-refractivity contribution in [3.05, 3.63) is 34.0 Å². The van der Waals surface area contributed by atoms with E-state index in [-0.39, 0.29) is 11.8 Å². The van der Waals surface area contributed by atoms with E-state index in [9.17, 15) is 4.79 Å². The van der Waals surface area contributed by atoms with E-state index in [4.69, 9.17) is 0 Å². The molecule has 0 bridgehead atoms. The summed E-state index contributed by atoms with van der Waals surface area (Å²) in [5, 5.41) is 14.1. The van der Waals surface area contributed by atoms with Crippen LogP contribution < -0.4 is 5.32 Å². The summed E-state index contributed by atoms with van der Waals surface area (Å²) in [6.07, 6.45) is 1.96. The molecule has 1 N–H and O–H groups in total. The molecule has 2 aromatic rings. The molecule has 0 aliphatic carbocycles.